The highest BCUT2D eigenvalue weighted by atomic mass is 16.5. The molecule has 2 rings (SSSR count). The van der Waals surface area contributed by atoms with Gasteiger partial charge in [-0.25, -0.2) is 0 Å². The summed E-state index contributed by atoms with van der Waals surface area (Å²) in [6.07, 6.45) is 4.25. The van der Waals surface area contributed by atoms with Gasteiger partial charge in [-0.2, -0.15) is 0 Å². The quantitative estimate of drug-likeness (QED) is 0.747. The van der Waals surface area contributed by atoms with E-state index >= 15 is 0 Å². The number of likely N-dealkylation sites (tertiary alicyclic amines) is 1. The summed E-state index contributed by atoms with van der Waals surface area (Å²) in [5, 5.41) is 3.61. The molecule has 0 radical (unpaired) electrons. The van der Waals surface area contributed by atoms with Gasteiger partial charge in [-0.05, 0) is 52.7 Å². The molecule has 2 saturated heterocycles. The molecule has 0 aromatic carbocycles. The summed E-state index contributed by atoms with van der Waals surface area (Å²) in [5.41, 5.74) is 0. The zero-order valence-corrected chi connectivity index (χ0v) is 12.9. The van der Waals surface area contributed by atoms with E-state index in [0.717, 1.165) is 25.6 Å². The predicted octanol–water partition coefficient (Wildman–Crippen LogP) is 1.03. The molecule has 0 bridgehead atoms. The molecule has 19 heavy (non-hydrogen) atoms. The maximum absolute atomic E-state index is 5.71. The molecule has 2 fully saturated rings. The molecule has 1 N–H and O–H groups in total. The molecule has 2 aliphatic heterocycles. The van der Waals surface area contributed by atoms with Crippen LogP contribution in [0.1, 0.15) is 26.2 Å². The first kappa shape index (κ1) is 15.2. The van der Waals surface area contributed by atoms with E-state index in [4.69, 9.17) is 4.74 Å². The second-order valence-corrected chi connectivity index (χ2v) is 6.47. The van der Waals surface area contributed by atoms with Crippen LogP contribution in [0.4, 0.5) is 0 Å². The summed E-state index contributed by atoms with van der Waals surface area (Å²) in [7, 11) is 4.47. The van der Waals surface area contributed by atoms with Crippen LogP contribution in [0.3, 0.4) is 0 Å². The van der Waals surface area contributed by atoms with Crippen LogP contribution in [0.5, 0.6) is 0 Å². The summed E-state index contributed by atoms with van der Waals surface area (Å²) in [4.78, 5) is 4.91. The van der Waals surface area contributed by atoms with Crippen molar-refractivity contribution in [2.45, 2.75) is 38.3 Å². The van der Waals surface area contributed by atoms with Gasteiger partial charge in [0.2, 0.25) is 0 Å². The van der Waals surface area contributed by atoms with Crippen molar-refractivity contribution < 1.29 is 4.74 Å². The molecule has 3 unspecified atom stereocenters. The summed E-state index contributed by atoms with van der Waals surface area (Å²) in [6.45, 7) is 9.18. The van der Waals surface area contributed by atoms with Crippen LogP contribution < -0.4 is 5.32 Å². The Labute approximate surface area is 118 Å². The van der Waals surface area contributed by atoms with Gasteiger partial charge in [-0.3, -0.25) is 0 Å². The Morgan fingerprint density at radius 1 is 1.42 bits per heavy atom. The normalized spacial score (nSPS) is 30.3. The Kier molecular flexibility index (Phi) is 6.07. The molecule has 0 aliphatic carbocycles. The van der Waals surface area contributed by atoms with Crippen molar-refractivity contribution in [1.29, 1.82) is 0 Å². The highest BCUT2D eigenvalue weighted by Gasteiger charge is 2.22. The second kappa shape index (κ2) is 7.58. The van der Waals surface area contributed by atoms with E-state index in [-0.39, 0.29) is 0 Å². The van der Waals surface area contributed by atoms with Crippen molar-refractivity contribution in [2.75, 3.05) is 53.4 Å². The Hall–Kier alpha value is -0.160. The molecule has 4 nitrogen and oxygen atoms in total. The lowest BCUT2D eigenvalue weighted by Gasteiger charge is -2.24. The Morgan fingerprint density at radius 2 is 2.26 bits per heavy atom. The molecule has 0 aromatic heterocycles. The first-order valence-corrected chi connectivity index (χ1v) is 7.87. The van der Waals surface area contributed by atoms with E-state index in [9.17, 15) is 0 Å². The molecule has 4 heteroatoms. The molecule has 0 aromatic rings. The maximum atomic E-state index is 5.71. The molecule has 0 spiro atoms. The lowest BCUT2D eigenvalue weighted by atomic mass is 10.1. The highest BCUT2D eigenvalue weighted by molar-refractivity contribution is 4.78. The Balaban J connectivity index is 1.54. The van der Waals surface area contributed by atoms with Crippen molar-refractivity contribution in [3.63, 3.8) is 0 Å². The largest absolute Gasteiger partial charge is 0.377 e. The topological polar surface area (TPSA) is 27.7 Å². The fourth-order valence-corrected chi connectivity index (χ4v) is 3.32. The van der Waals surface area contributed by atoms with Gasteiger partial charge in [0, 0.05) is 38.8 Å². The van der Waals surface area contributed by atoms with E-state index in [1.807, 2.05) is 0 Å². The monoisotopic (exact) mass is 269 g/mol. The minimum atomic E-state index is 0.439. The summed E-state index contributed by atoms with van der Waals surface area (Å²) in [5.74, 6) is 0.866. The molecule has 2 heterocycles. The fourth-order valence-electron chi connectivity index (χ4n) is 3.32. The van der Waals surface area contributed by atoms with Crippen molar-refractivity contribution in [2.24, 2.45) is 5.92 Å². The summed E-state index contributed by atoms with van der Waals surface area (Å²) < 4.78 is 5.71. The van der Waals surface area contributed by atoms with E-state index in [0.29, 0.717) is 12.1 Å². The van der Waals surface area contributed by atoms with Crippen molar-refractivity contribution >= 4 is 0 Å². The maximum Gasteiger partial charge on any atom is 0.0726 e. The van der Waals surface area contributed by atoms with E-state index in [1.54, 1.807) is 0 Å². The lowest BCUT2D eigenvalue weighted by molar-refractivity contribution is 0.0828. The predicted molar refractivity (Wildman–Crippen MR) is 79.5 cm³/mol. The minimum absolute atomic E-state index is 0.439. The van der Waals surface area contributed by atoms with Crippen molar-refractivity contribution in [3.8, 4) is 0 Å². The first-order valence-electron chi connectivity index (χ1n) is 7.87. The smallest absolute Gasteiger partial charge is 0.0726 e. The van der Waals surface area contributed by atoms with Gasteiger partial charge in [-0.1, -0.05) is 0 Å². The average Bonchev–Trinajstić information content (AvgIpc) is 3.00. The Morgan fingerprint density at radius 3 is 2.89 bits per heavy atom. The van der Waals surface area contributed by atoms with E-state index < -0.39 is 0 Å². The third kappa shape index (κ3) is 5.03. The molecule has 0 amide bonds. The van der Waals surface area contributed by atoms with Gasteiger partial charge in [0.05, 0.1) is 6.10 Å². The number of hydrogen-bond donors (Lipinski definition) is 1. The Bertz CT molecular complexity index is 256. The first-order chi connectivity index (χ1) is 9.15. The number of likely N-dealkylation sites (N-methyl/N-ethyl adjacent to an activating group) is 1. The number of rotatable bonds is 7. The SMILES string of the molecule is CC(NCCN(C)CC1CCN(C)C1)C1CCCO1. The molecule has 0 saturated carbocycles. The zero-order valence-electron chi connectivity index (χ0n) is 12.9. The molecule has 112 valence electrons. The van der Waals surface area contributed by atoms with Gasteiger partial charge in [-0.15, -0.1) is 0 Å². The van der Waals surface area contributed by atoms with Gasteiger partial charge in [0.1, 0.15) is 0 Å². The van der Waals surface area contributed by atoms with Gasteiger partial charge >= 0.3 is 0 Å². The molecular formula is C15H31N3O. The fraction of sp³-hybridized carbons (Fsp3) is 1.00. The average molecular weight is 269 g/mol. The number of hydrogen-bond acceptors (Lipinski definition) is 4. The van der Waals surface area contributed by atoms with Crippen LogP contribution in [0.25, 0.3) is 0 Å². The second-order valence-electron chi connectivity index (χ2n) is 6.47. The van der Waals surface area contributed by atoms with Crippen molar-refractivity contribution in [3.05, 3.63) is 0 Å². The molecular weight excluding hydrogens is 238 g/mol. The van der Waals surface area contributed by atoms with Gasteiger partial charge in [0.25, 0.3) is 0 Å². The third-order valence-electron chi connectivity index (χ3n) is 4.54. The van der Waals surface area contributed by atoms with Crippen LogP contribution in [0.15, 0.2) is 0 Å². The van der Waals surface area contributed by atoms with Crippen LogP contribution in [0.2, 0.25) is 0 Å². The standard InChI is InChI=1S/C15H31N3O/c1-13(15-5-4-10-19-15)16-7-9-18(3)12-14-6-8-17(2)11-14/h13-16H,4-12H2,1-3H3. The summed E-state index contributed by atoms with van der Waals surface area (Å²) >= 11 is 0. The van der Waals surface area contributed by atoms with Crippen LogP contribution in [0, 0.1) is 5.92 Å². The van der Waals surface area contributed by atoms with Gasteiger partial charge in [0.15, 0.2) is 0 Å². The van der Waals surface area contributed by atoms with Crippen LogP contribution in [-0.4, -0.2) is 75.4 Å². The van der Waals surface area contributed by atoms with Crippen LogP contribution >= 0.6 is 0 Å². The molecule has 3 atom stereocenters. The highest BCUT2D eigenvalue weighted by Crippen LogP contribution is 2.16. The number of ether oxygens (including phenoxy) is 1. The number of nitrogens with zero attached hydrogens (tertiary/aromatic N) is 2. The van der Waals surface area contributed by atoms with Crippen LogP contribution in [-0.2, 0) is 4.74 Å². The van der Waals surface area contributed by atoms with E-state index in [2.05, 4.69) is 36.1 Å². The minimum Gasteiger partial charge on any atom is -0.377 e. The zero-order chi connectivity index (χ0) is 13.7. The summed E-state index contributed by atoms with van der Waals surface area (Å²) in [6, 6.07) is 0.494. The van der Waals surface area contributed by atoms with Crippen molar-refractivity contribution in [1.82, 2.24) is 15.1 Å². The lowest BCUT2D eigenvalue weighted by Crippen LogP contribution is -2.41. The van der Waals surface area contributed by atoms with Gasteiger partial charge < -0.3 is 19.9 Å². The van der Waals surface area contributed by atoms with E-state index in [1.165, 1.54) is 38.9 Å². The molecule has 2 aliphatic rings. The third-order valence-corrected chi connectivity index (χ3v) is 4.54. The number of nitrogens with one attached hydrogen (secondary N) is 1.